The number of carbonyl (C=O) groups excluding carboxylic acids is 4. The van der Waals surface area contributed by atoms with Crippen molar-refractivity contribution in [2.24, 2.45) is 5.16 Å². The highest BCUT2D eigenvalue weighted by molar-refractivity contribution is 6.38. The molecule has 1 aromatic rings. The van der Waals surface area contributed by atoms with Gasteiger partial charge in [0, 0.05) is 25.3 Å². The summed E-state index contributed by atoms with van der Waals surface area (Å²) in [6.07, 6.45) is 3.68. The standard InChI is InChI=1S/C29H38N4O7/c1-3-5-22(25(34)27(36)30-20-10-11-20)31-26(35)24-15-29(17-33(24)28(37)39-21-12-13-38-16-21)14-23(32-40-29)19-8-6-18(4-2)7-9-19/h6-9,20-22,24H,3-5,10-17H2,1-2H3,(H,30,36)(H,31,35)/t21-,22-,24-,29+/m0/s1. The molecule has 4 aliphatic rings. The number of oxime groups is 1. The van der Waals surface area contributed by atoms with Crippen molar-refractivity contribution >= 4 is 29.4 Å². The van der Waals surface area contributed by atoms with Crippen molar-refractivity contribution in [3.63, 3.8) is 0 Å². The molecule has 2 N–H and O–H groups in total. The number of hydrogen-bond acceptors (Lipinski definition) is 8. The molecule has 3 amide bonds. The summed E-state index contributed by atoms with van der Waals surface area (Å²) in [4.78, 5) is 59.6. The Morgan fingerprint density at radius 2 is 1.93 bits per heavy atom. The first-order valence-corrected chi connectivity index (χ1v) is 14.3. The van der Waals surface area contributed by atoms with Crippen molar-refractivity contribution in [1.29, 1.82) is 0 Å². The van der Waals surface area contributed by atoms with Gasteiger partial charge >= 0.3 is 6.09 Å². The highest BCUT2D eigenvalue weighted by atomic mass is 16.7. The van der Waals surface area contributed by atoms with Gasteiger partial charge in [0.15, 0.2) is 5.60 Å². The van der Waals surface area contributed by atoms with Crippen LogP contribution in [0, 0.1) is 0 Å². The number of ketones is 1. The molecule has 0 aromatic heterocycles. The predicted octanol–water partition coefficient (Wildman–Crippen LogP) is 2.24. The predicted molar refractivity (Wildman–Crippen MR) is 145 cm³/mol. The molecule has 216 valence electrons. The smallest absolute Gasteiger partial charge is 0.410 e. The SMILES string of the molecule is CCC[C@H](NC(=O)[C@@H]1C[C@]2(CC(c3ccc(CC)cc3)=NO2)CN1C(=O)O[C@H]1CCOC1)C(=O)C(=O)NC1CC1. The molecule has 4 atom stereocenters. The lowest BCUT2D eigenvalue weighted by Gasteiger charge is -2.26. The van der Waals surface area contributed by atoms with Gasteiger partial charge in [0.1, 0.15) is 12.1 Å². The van der Waals surface area contributed by atoms with Gasteiger partial charge in [0.2, 0.25) is 11.7 Å². The Balaban J connectivity index is 1.31. The molecule has 0 radical (unpaired) electrons. The van der Waals surface area contributed by atoms with Crippen LogP contribution in [0.2, 0.25) is 0 Å². The quantitative estimate of drug-likeness (QED) is 0.424. The van der Waals surface area contributed by atoms with E-state index < -0.39 is 41.4 Å². The zero-order valence-electron chi connectivity index (χ0n) is 23.1. The molecular weight excluding hydrogens is 516 g/mol. The van der Waals surface area contributed by atoms with Crippen LogP contribution in [0.1, 0.15) is 69.9 Å². The molecule has 1 aliphatic carbocycles. The van der Waals surface area contributed by atoms with E-state index in [1.807, 2.05) is 31.2 Å². The Morgan fingerprint density at radius 1 is 1.15 bits per heavy atom. The van der Waals surface area contributed by atoms with E-state index in [0.717, 1.165) is 30.5 Å². The van der Waals surface area contributed by atoms with E-state index in [1.54, 1.807) is 0 Å². The summed E-state index contributed by atoms with van der Waals surface area (Å²) in [5.41, 5.74) is 1.98. The molecule has 1 saturated carbocycles. The molecule has 3 fully saturated rings. The molecule has 2 saturated heterocycles. The Bertz CT molecular complexity index is 1160. The van der Waals surface area contributed by atoms with Gasteiger partial charge in [0.25, 0.3) is 5.91 Å². The summed E-state index contributed by atoms with van der Waals surface area (Å²) in [6, 6.07) is 6.18. The summed E-state index contributed by atoms with van der Waals surface area (Å²) in [5, 5.41) is 9.80. The van der Waals surface area contributed by atoms with Crippen LogP contribution in [0.3, 0.4) is 0 Å². The van der Waals surface area contributed by atoms with Gasteiger partial charge in [-0.15, -0.1) is 0 Å². The molecule has 5 rings (SSSR count). The average molecular weight is 555 g/mol. The second kappa shape index (κ2) is 12.0. The molecule has 3 aliphatic heterocycles. The summed E-state index contributed by atoms with van der Waals surface area (Å²) >= 11 is 0. The monoisotopic (exact) mass is 554 g/mol. The number of amides is 3. The number of ether oxygens (including phenoxy) is 2. The third kappa shape index (κ3) is 6.29. The first-order chi connectivity index (χ1) is 19.3. The lowest BCUT2D eigenvalue weighted by atomic mass is 9.91. The lowest BCUT2D eigenvalue weighted by Crippen LogP contribution is -2.53. The van der Waals surface area contributed by atoms with Crippen molar-refractivity contribution in [1.82, 2.24) is 15.5 Å². The number of nitrogens with one attached hydrogen (secondary N) is 2. The van der Waals surface area contributed by atoms with E-state index in [0.29, 0.717) is 38.9 Å². The number of aryl methyl sites for hydroxylation is 1. The van der Waals surface area contributed by atoms with Crippen LogP contribution < -0.4 is 10.6 Å². The number of benzene rings is 1. The number of likely N-dealkylation sites (tertiary alicyclic amines) is 1. The van der Waals surface area contributed by atoms with Gasteiger partial charge in [-0.1, -0.05) is 49.7 Å². The summed E-state index contributed by atoms with van der Waals surface area (Å²) in [6.45, 7) is 4.88. The van der Waals surface area contributed by atoms with E-state index >= 15 is 0 Å². The third-order valence-electron chi connectivity index (χ3n) is 7.97. The molecule has 11 nitrogen and oxygen atoms in total. The first kappa shape index (κ1) is 28.1. The average Bonchev–Trinajstić information content (AvgIpc) is 3.31. The maximum Gasteiger partial charge on any atom is 0.410 e. The van der Waals surface area contributed by atoms with E-state index in [1.165, 1.54) is 10.5 Å². The van der Waals surface area contributed by atoms with Crippen LogP contribution >= 0.6 is 0 Å². The first-order valence-electron chi connectivity index (χ1n) is 14.3. The van der Waals surface area contributed by atoms with Crippen molar-refractivity contribution < 1.29 is 33.5 Å². The van der Waals surface area contributed by atoms with E-state index in [4.69, 9.17) is 14.3 Å². The fourth-order valence-corrected chi connectivity index (χ4v) is 5.46. The van der Waals surface area contributed by atoms with Gasteiger partial charge in [-0.2, -0.15) is 0 Å². The van der Waals surface area contributed by atoms with Crippen LogP contribution in [0.5, 0.6) is 0 Å². The minimum Gasteiger partial charge on any atom is -0.444 e. The van der Waals surface area contributed by atoms with Gasteiger partial charge in [0.05, 0.1) is 31.5 Å². The Labute approximate surface area is 233 Å². The summed E-state index contributed by atoms with van der Waals surface area (Å²) < 4.78 is 11.0. The number of carbonyl (C=O) groups is 4. The zero-order chi connectivity index (χ0) is 28.3. The van der Waals surface area contributed by atoms with Crippen LogP contribution in [-0.4, -0.2) is 83.9 Å². The maximum absolute atomic E-state index is 13.6. The second-order valence-electron chi connectivity index (χ2n) is 11.2. The second-order valence-corrected chi connectivity index (χ2v) is 11.2. The van der Waals surface area contributed by atoms with Crippen LogP contribution in [-0.2, 0) is 35.1 Å². The number of Topliss-reactive ketones (excluding diaryl/α,β-unsaturated/α-hetero) is 1. The minimum atomic E-state index is -0.984. The fourth-order valence-electron chi connectivity index (χ4n) is 5.46. The van der Waals surface area contributed by atoms with Gasteiger partial charge in [-0.05, 0) is 36.8 Å². The summed E-state index contributed by atoms with van der Waals surface area (Å²) in [5.74, 6) is -1.88. The molecule has 3 heterocycles. The van der Waals surface area contributed by atoms with E-state index in [-0.39, 0.29) is 25.1 Å². The molecular formula is C29H38N4O7. The molecule has 1 spiro atoms. The number of rotatable bonds is 10. The van der Waals surface area contributed by atoms with Crippen molar-refractivity contribution in [2.45, 2.75) is 95.0 Å². The van der Waals surface area contributed by atoms with Gasteiger partial charge in [-0.25, -0.2) is 4.79 Å². The minimum absolute atomic E-state index is 0.0285. The van der Waals surface area contributed by atoms with Gasteiger partial charge < -0.3 is 24.9 Å². The molecule has 11 heteroatoms. The fraction of sp³-hybridized carbons (Fsp3) is 0.621. The van der Waals surface area contributed by atoms with E-state index in [9.17, 15) is 19.2 Å². The summed E-state index contributed by atoms with van der Waals surface area (Å²) in [7, 11) is 0. The highest BCUT2D eigenvalue weighted by Gasteiger charge is 2.55. The topological polar surface area (TPSA) is 136 Å². The Morgan fingerprint density at radius 3 is 2.58 bits per heavy atom. The largest absolute Gasteiger partial charge is 0.444 e. The number of nitrogens with zero attached hydrogens (tertiary/aromatic N) is 2. The van der Waals surface area contributed by atoms with Crippen LogP contribution in [0.4, 0.5) is 4.79 Å². The molecule has 0 unspecified atom stereocenters. The Hall–Kier alpha value is -3.47. The lowest BCUT2D eigenvalue weighted by molar-refractivity contribution is -0.140. The Kier molecular flexibility index (Phi) is 8.39. The van der Waals surface area contributed by atoms with Crippen molar-refractivity contribution in [2.75, 3.05) is 19.8 Å². The van der Waals surface area contributed by atoms with Crippen LogP contribution in [0.25, 0.3) is 0 Å². The molecule has 0 bridgehead atoms. The van der Waals surface area contributed by atoms with Crippen molar-refractivity contribution in [3.05, 3.63) is 35.4 Å². The van der Waals surface area contributed by atoms with Crippen LogP contribution in [0.15, 0.2) is 29.4 Å². The number of hydrogen-bond donors (Lipinski definition) is 2. The van der Waals surface area contributed by atoms with E-state index in [2.05, 4.69) is 22.7 Å². The molecule has 40 heavy (non-hydrogen) atoms. The highest BCUT2D eigenvalue weighted by Crippen LogP contribution is 2.39. The normalized spacial score (nSPS) is 26.2. The zero-order valence-corrected chi connectivity index (χ0v) is 23.1. The third-order valence-corrected chi connectivity index (χ3v) is 7.97. The van der Waals surface area contributed by atoms with Crippen molar-refractivity contribution in [3.8, 4) is 0 Å². The maximum atomic E-state index is 13.6. The van der Waals surface area contributed by atoms with Gasteiger partial charge in [-0.3, -0.25) is 19.3 Å². The molecule has 1 aromatic carbocycles.